The Balaban J connectivity index is 1.96. The molecule has 2 unspecified atom stereocenters. The third-order valence-electron chi connectivity index (χ3n) is 5.85. The minimum absolute atomic E-state index is 0.0275. The highest BCUT2D eigenvalue weighted by molar-refractivity contribution is 5.76. The highest BCUT2D eigenvalue weighted by Gasteiger charge is 2.36. The molecule has 0 spiro atoms. The zero-order valence-corrected chi connectivity index (χ0v) is 15.4. The monoisotopic (exact) mass is 339 g/mol. The van der Waals surface area contributed by atoms with Crippen molar-refractivity contribution in [1.29, 1.82) is 0 Å². The Kier molecular flexibility index (Phi) is 6.49. The molecule has 2 atom stereocenters. The number of aliphatic carboxylic acids is 1. The number of carbonyl (C=O) groups excluding carboxylic acids is 1. The van der Waals surface area contributed by atoms with Gasteiger partial charge in [0.1, 0.15) is 0 Å². The summed E-state index contributed by atoms with van der Waals surface area (Å²) >= 11 is 0. The molecule has 2 amide bonds. The Morgan fingerprint density at radius 1 is 1.17 bits per heavy atom. The summed E-state index contributed by atoms with van der Waals surface area (Å²) in [6, 6.07) is -0.113. The number of nitrogens with zero attached hydrogens (tertiary/aromatic N) is 2. The largest absolute Gasteiger partial charge is 0.481 e. The summed E-state index contributed by atoms with van der Waals surface area (Å²) in [4.78, 5) is 27.8. The van der Waals surface area contributed by atoms with Crippen LogP contribution in [0.5, 0.6) is 0 Å². The number of amides is 2. The number of urea groups is 1. The fourth-order valence-electron chi connectivity index (χ4n) is 4.22. The number of rotatable bonds is 4. The molecule has 2 fully saturated rings. The standard InChI is InChI=1S/C18H33N3O3/c1-14-10-15(16(22)23)12-21(11-14)17(24)19-13-18(20(2)3)8-6-4-5-7-9-18/h14-15H,4-13H2,1-3H3,(H,19,24)(H,22,23). The second-order valence-corrected chi connectivity index (χ2v) is 7.97. The molecule has 1 saturated carbocycles. The predicted octanol–water partition coefficient (Wildman–Crippen LogP) is 2.39. The van der Waals surface area contributed by atoms with Crippen molar-refractivity contribution in [3.8, 4) is 0 Å². The molecule has 0 aromatic rings. The maximum atomic E-state index is 12.6. The Bertz CT molecular complexity index is 445. The smallest absolute Gasteiger partial charge is 0.317 e. The Morgan fingerprint density at radius 2 is 1.79 bits per heavy atom. The quantitative estimate of drug-likeness (QED) is 0.772. The number of hydrogen-bond donors (Lipinski definition) is 2. The van der Waals surface area contributed by atoms with Crippen molar-refractivity contribution in [2.45, 2.75) is 57.4 Å². The lowest BCUT2D eigenvalue weighted by molar-refractivity contribution is -0.143. The van der Waals surface area contributed by atoms with Crippen molar-refractivity contribution in [2.24, 2.45) is 11.8 Å². The first-order chi connectivity index (χ1) is 11.3. The van der Waals surface area contributed by atoms with Gasteiger partial charge in [0.05, 0.1) is 5.92 Å². The van der Waals surface area contributed by atoms with E-state index in [1.807, 2.05) is 6.92 Å². The summed E-state index contributed by atoms with van der Waals surface area (Å²) in [5.74, 6) is -1.01. The summed E-state index contributed by atoms with van der Waals surface area (Å²) in [7, 11) is 4.20. The molecule has 0 radical (unpaired) electrons. The van der Waals surface area contributed by atoms with Gasteiger partial charge in [0.25, 0.3) is 0 Å². The molecule has 1 aliphatic heterocycles. The van der Waals surface area contributed by atoms with E-state index in [1.54, 1.807) is 4.90 Å². The van der Waals surface area contributed by atoms with Gasteiger partial charge >= 0.3 is 12.0 Å². The van der Waals surface area contributed by atoms with Crippen LogP contribution in [-0.2, 0) is 4.79 Å². The number of likely N-dealkylation sites (N-methyl/N-ethyl adjacent to an activating group) is 1. The molecular weight excluding hydrogens is 306 g/mol. The summed E-state index contributed by atoms with van der Waals surface area (Å²) < 4.78 is 0. The molecule has 2 aliphatic rings. The van der Waals surface area contributed by atoms with Gasteiger partial charge in [-0.1, -0.05) is 32.6 Å². The van der Waals surface area contributed by atoms with Crippen LogP contribution < -0.4 is 5.32 Å². The second kappa shape index (κ2) is 8.19. The second-order valence-electron chi connectivity index (χ2n) is 7.97. The zero-order valence-electron chi connectivity index (χ0n) is 15.4. The molecule has 2 rings (SSSR count). The van der Waals surface area contributed by atoms with E-state index in [-0.39, 0.29) is 17.5 Å². The zero-order chi connectivity index (χ0) is 17.7. The van der Waals surface area contributed by atoms with Crippen molar-refractivity contribution in [3.05, 3.63) is 0 Å². The molecular formula is C18H33N3O3. The molecule has 6 nitrogen and oxygen atoms in total. The molecule has 1 saturated heterocycles. The Hall–Kier alpha value is -1.30. The van der Waals surface area contributed by atoms with Crippen LogP contribution in [0.3, 0.4) is 0 Å². The van der Waals surface area contributed by atoms with Gasteiger partial charge in [0.2, 0.25) is 0 Å². The number of hydrogen-bond acceptors (Lipinski definition) is 3. The van der Waals surface area contributed by atoms with Gasteiger partial charge in [-0.2, -0.15) is 0 Å². The van der Waals surface area contributed by atoms with Crippen molar-refractivity contribution in [2.75, 3.05) is 33.7 Å². The van der Waals surface area contributed by atoms with E-state index in [4.69, 9.17) is 0 Å². The molecule has 1 aliphatic carbocycles. The summed E-state index contributed by atoms with van der Waals surface area (Å²) in [6.45, 7) is 3.62. The van der Waals surface area contributed by atoms with Gasteiger partial charge in [0, 0.05) is 25.2 Å². The van der Waals surface area contributed by atoms with E-state index < -0.39 is 11.9 Å². The fourth-order valence-corrected chi connectivity index (χ4v) is 4.22. The van der Waals surface area contributed by atoms with E-state index in [9.17, 15) is 14.7 Å². The number of carbonyl (C=O) groups is 2. The van der Waals surface area contributed by atoms with Crippen LogP contribution >= 0.6 is 0 Å². The first-order valence-electron chi connectivity index (χ1n) is 9.27. The molecule has 0 aromatic carbocycles. The molecule has 2 N–H and O–H groups in total. The lowest BCUT2D eigenvalue weighted by Gasteiger charge is -2.41. The van der Waals surface area contributed by atoms with Crippen LogP contribution in [0.2, 0.25) is 0 Å². The van der Waals surface area contributed by atoms with Crippen molar-refractivity contribution < 1.29 is 14.7 Å². The van der Waals surface area contributed by atoms with E-state index >= 15 is 0 Å². The SMILES string of the molecule is CC1CC(C(=O)O)CN(C(=O)NCC2(N(C)C)CCCCCC2)C1. The first kappa shape index (κ1) is 19.0. The minimum Gasteiger partial charge on any atom is -0.481 e. The lowest BCUT2D eigenvalue weighted by Crippen LogP contribution is -2.56. The van der Waals surface area contributed by atoms with Crippen LogP contribution in [-0.4, -0.2) is 66.2 Å². The average Bonchev–Trinajstić information content (AvgIpc) is 2.78. The number of likely N-dealkylation sites (tertiary alicyclic amines) is 1. The van der Waals surface area contributed by atoms with Crippen molar-refractivity contribution >= 4 is 12.0 Å². The number of nitrogens with one attached hydrogen (secondary N) is 1. The van der Waals surface area contributed by atoms with Gasteiger partial charge in [0.15, 0.2) is 0 Å². The highest BCUT2D eigenvalue weighted by Crippen LogP contribution is 2.30. The van der Waals surface area contributed by atoms with Crippen molar-refractivity contribution in [3.63, 3.8) is 0 Å². The molecule has 138 valence electrons. The van der Waals surface area contributed by atoms with E-state index in [0.717, 1.165) is 12.8 Å². The summed E-state index contributed by atoms with van der Waals surface area (Å²) in [5, 5.41) is 12.4. The summed E-state index contributed by atoms with van der Waals surface area (Å²) in [6.07, 6.45) is 7.82. The Labute approximate surface area is 145 Å². The van der Waals surface area contributed by atoms with Crippen LogP contribution in [0, 0.1) is 11.8 Å². The van der Waals surface area contributed by atoms with Crippen LogP contribution in [0.4, 0.5) is 4.79 Å². The fraction of sp³-hybridized carbons (Fsp3) is 0.889. The normalized spacial score (nSPS) is 27.6. The van der Waals surface area contributed by atoms with E-state index in [0.29, 0.717) is 26.1 Å². The molecule has 0 aromatic heterocycles. The highest BCUT2D eigenvalue weighted by atomic mass is 16.4. The van der Waals surface area contributed by atoms with Gasteiger partial charge in [-0.3, -0.25) is 4.79 Å². The molecule has 1 heterocycles. The molecule has 0 bridgehead atoms. The predicted molar refractivity (Wildman–Crippen MR) is 94.0 cm³/mol. The number of piperidine rings is 1. The van der Waals surface area contributed by atoms with Gasteiger partial charge in [-0.05, 0) is 39.3 Å². The van der Waals surface area contributed by atoms with E-state index in [1.165, 1.54) is 25.7 Å². The van der Waals surface area contributed by atoms with E-state index in [2.05, 4.69) is 24.3 Å². The van der Waals surface area contributed by atoms with Crippen LogP contribution in [0.25, 0.3) is 0 Å². The third kappa shape index (κ3) is 4.62. The van der Waals surface area contributed by atoms with Crippen LogP contribution in [0.15, 0.2) is 0 Å². The summed E-state index contributed by atoms with van der Waals surface area (Å²) in [5.41, 5.74) is 0.0275. The molecule has 6 heteroatoms. The van der Waals surface area contributed by atoms with Crippen molar-refractivity contribution in [1.82, 2.24) is 15.1 Å². The number of carboxylic acid groups (broad SMARTS) is 1. The van der Waals surface area contributed by atoms with Crippen LogP contribution in [0.1, 0.15) is 51.9 Å². The van der Waals surface area contributed by atoms with Gasteiger partial charge in [-0.25, -0.2) is 4.79 Å². The molecule has 24 heavy (non-hydrogen) atoms. The Morgan fingerprint density at radius 3 is 2.33 bits per heavy atom. The first-order valence-corrected chi connectivity index (χ1v) is 9.27. The maximum absolute atomic E-state index is 12.6. The number of carboxylic acids is 1. The van der Waals surface area contributed by atoms with Gasteiger partial charge in [-0.15, -0.1) is 0 Å². The lowest BCUT2D eigenvalue weighted by atomic mass is 9.88. The topological polar surface area (TPSA) is 72.9 Å². The average molecular weight is 339 g/mol. The third-order valence-corrected chi connectivity index (χ3v) is 5.85. The minimum atomic E-state index is -0.798. The van der Waals surface area contributed by atoms with Gasteiger partial charge < -0.3 is 20.2 Å². The maximum Gasteiger partial charge on any atom is 0.317 e.